The molecule has 0 aliphatic carbocycles. The smallest absolute Gasteiger partial charge is 0.257 e. The summed E-state index contributed by atoms with van der Waals surface area (Å²) in [5.74, 6) is -0.0439. The second-order valence-corrected chi connectivity index (χ2v) is 8.49. The van der Waals surface area contributed by atoms with Gasteiger partial charge in [0.2, 0.25) is 0 Å². The number of nitrogen functional groups attached to an aromatic ring is 1. The highest BCUT2D eigenvalue weighted by molar-refractivity contribution is 9.10. The Morgan fingerprint density at radius 1 is 1.12 bits per heavy atom. The van der Waals surface area contributed by atoms with Crippen molar-refractivity contribution in [3.8, 4) is 0 Å². The topological polar surface area (TPSA) is 98.2 Å². The normalized spacial score (nSPS) is 11.6. The molecule has 3 N–H and O–H groups in total. The lowest BCUT2D eigenvalue weighted by molar-refractivity contribution is 0.0955. The molecule has 0 saturated heterocycles. The summed E-state index contributed by atoms with van der Waals surface area (Å²) < 4.78 is 2.43. The van der Waals surface area contributed by atoms with E-state index in [1.165, 1.54) is 4.68 Å². The highest BCUT2D eigenvalue weighted by Crippen LogP contribution is 2.28. The molecule has 4 rings (SSSR count). The van der Waals surface area contributed by atoms with Crippen LogP contribution in [0.15, 0.2) is 58.1 Å². The molecule has 7 nitrogen and oxygen atoms in total. The van der Waals surface area contributed by atoms with Crippen molar-refractivity contribution in [3.63, 3.8) is 0 Å². The van der Waals surface area contributed by atoms with Crippen LogP contribution in [-0.4, -0.2) is 33.3 Å². The fourth-order valence-corrected chi connectivity index (χ4v) is 3.96. The van der Waals surface area contributed by atoms with E-state index in [-0.39, 0.29) is 11.7 Å². The van der Waals surface area contributed by atoms with Gasteiger partial charge >= 0.3 is 0 Å². The first kappa shape index (κ1) is 22.0. The molecule has 32 heavy (non-hydrogen) atoms. The zero-order chi connectivity index (χ0) is 22.5. The number of carbonyl (C=O) groups excluding carboxylic acids is 1. The Labute approximate surface area is 194 Å². The minimum Gasteiger partial charge on any atom is -0.383 e. The summed E-state index contributed by atoms with van der Waals surface area (Å²) in [5.41, 5.74) is 9.92. The van der Waals surface area contributed by atoms with Gasteiger partial charge in [0.15, 0.2) is 5.65 Å². The third-order valence-corrected chi connectivity index (χ3v) is 5.68. The zero-order valence-corrected chi connectivity index (χ0v) is 19.5. The molecule has 4 aromatic rings. The van der Waals surface area contributed by atoms with E-state index < -0.39 is 0 Å². The van der Waals surface area contributed by atoms with E-state index in [9.17, 15) is 4.79 Å². The number of hydrogen-bond donors (Lipinski definition) is 2. The number of para-hydroxylation sites is 2. The average molecular weight is 493 g/mol. The molecule has 0 spiro atoms. The van der Waals surface area contributed by atoms with Crippen molar-refractivity contribution >= 4 is 56.1 Å². The molecule has 0 radical (unpaired) electrons. The van der Waals surface area contributed by atoms with Crippen molar-refractivity contribution in [1.82, 2.24) is 20.0 Å². The van der Waals surface area contributed by atoms with Crippen molar-refractivity contribution < 1.29 is 4.79 Å². The molecule has 2 aromatic heterocycles. The van der Waals surface area contributed by atoms with E-state index >= 15 is 0 Å². The third-order valence-electron chi connectivity index (χ3n) is 5.19. The van der Waals surface area contributed by atoms with Crippen LogP contribution >= 0.6 is 15.9 Å². The number of fused-ring (bicyclic) bond motifs is 2. The molecule has 0 fully saturated rings. The van der Waals surface area contributed by atoms with Gasteiger partial charge in [-0.1, -0.05) is 66.4 Å². The van der Waals surface area contributed by atoms with Crippen LogP contribution < -0.4 is 11.1 Å². The van der Waals surface area contributed by atoms with Crippen LogP contribution in [-0.2, 0) is 0 Å². The summed E-state index contributed by atoms with van der Waals surface area (Å²) in [6.45, 7) is 2.75. The van der Waals surface area contributed by atoms with Crippen LogP contribution in [0.4, 0.5) is 5.82 Å². The Balaban J connectivity index is 1.76. The number of amides is 1. The van der Waals surface area contributed by atoms with Crippen LogP contribution in [0.1, 0.15) is 48.5 Å². The lowest BCUT2D eigenvalue weighted by Crippen LogP contribution is -2.25. The summed E-state index contributed by atoms with van der Waals surface area (Å²) in [5, 5.41) is 7.51. The lowest BCUT2D eigenvalue weighted by Gasteiger charge is -2.05. The van der Waals surface area contributed by atoms with E-state index in [0.717, 1.165) is 35.7 Å². The number of anilines is 1. The molecule has 164 valence electrons. The third kappa shape index (κ3) is 4.65. The van der Waals surface area contributed by atoms with Crippen LogP contribution in [0.5, 0.6) is 0 Å². The van der Waals surface area contributed by atoms with E-state index in [2.05, 4.69) is 33.3 Å². The monoisotopic (exact) mass is 492 g/mol. The molecule has 2 aromatic carbocycles. The van der Waals surface area contributed by atoms with Gasteiger partial charge in [-0.25, -0.2) is 9.97 Å². The molecule has 0 saturated carbocycles. The molecule has 0 aliphatic rings. The fraction of sp³-hybridized carbons (Fsp3) is 0.250. The number of aromatic nitrogens is 3. The maximum absolute atomic E-state index is 13.1. The quantitative estimate of drug-likeness (QED) is 0.263. The fourth-order valence-electron chi connectivity index (χ4n) is 3.54. The van der Waals surface area contributed by atoms with Crippen molar-refractivity contribution in [2.24, 2.45) is 5.10 Å². The Bertz CT molecular complexity index is 1300. The summed E-state index contributed by atoms with van der Waals surface area (Å²) in [4.78, 5) is 22.5. The van der Waals surface area contributed by atoms with E-state index in [4.69, 9.17) is 15.7 Å². The highest BCUT2D eigenvalue weighted by atomic mass is 79.9. The standard InChI is InChI=1S/C24H25BrN6O/c1-2-3-4-7-13-27-24(32)20-21-23(30-19-12-6-5-11-18(19)29-21)31(22(20)26)28-15-16-9-8-10-17(25)14-16/h5-6,8-12,14-15H,2-4,7,13,26H2,1H3,(H,27,32)/b28-15+. The van der Waals surface area contributed by atoms with Crippen LogP contribution in [0.3, 0.4) is 0 Å². The summed E-state index contributed by atoms with van der Waals surface area (Å²) in [7, 11) is 0. The van der Waals surface area contributed by atoms with Gasteiger partial charge in [0.1, 0.15) is 16.9 Å². The first-order valence-electron chi connectivity index (χ1n) is 10.7. The number of nitrogens with two attached hydrogens (primary N) is 1. The van der Waals surface area contributed by atoms with Gasteiger partial charge < -0.3 is 11.1 Å². The Hall–Kier alpha value is -3.26. The SMILES string of the molecule is CCCCCCNC(=O)c1c(N)n(/N=C/c2cccc(Br)c2)c2nc3ccccc3nc12. The number of rotatable bonds is 8. The molecule has 1 amide bonds. The number of unbranched alkanes of at least 4 members (excludes halogenated alkanes) is 3. The van der Waals surface area contributed by atoms with Crippen LogP contribution in [0.2, 0.25) is 0 Å². The second-order valence-electron chi connectivity index (χ2n) is 7.57. The molecule has 0 atom stereocenters. The van der Waals surface area contributed by atoms with E-state index in [1.54, 1.807) is 6.21 Å². The van der Waals surface area contributed by atoms with Gasteiger partial charge in [0, 0.05) is 11.0 Å². The van der Waals surface area contributed by atoms with Gasteiger partial charge in [-0.05, 0) is 36.2 Å². The van der Waals surface area contributed by atoms with Crippen molar-refractivity contribution in [3.05, 3.63) is 64.1 Å². The molecular formula is C24H25BrN6O. The van der Waals surface area contributed by atoms with Gasteiger partial charge in [-0.3, -0.25) is 4.79 Å². The van der Waals surface area contributed by atoms with Crippen molar-refractivity contribution in [2.75, 3.05) is 12.3 Å². The number of carbonyl (C=O) groups is 1. The molecule has 8 heteroatoms. The Kier molecular flexibility index (Phi) is 6.80. The number of benzene rings is 2. The van der Waals surface area contributed by atoms with E-state index in [0.29, 0.717) is 34.3 Å². The number of nitrogens with zero attached hydrogens (tertiary/aromatic N) is 4. The van der Waals surface area contributed by atoms with Crippen molar-refractivity contribution in [2.45, 2.75) is 32.6 Å². The molecule has 2 heterocycles. The molecule has 0 unspecified atom stereocenters. The molecule has 0 bridgehead atoms. The summed E-state index contributed by atoms with van der Waals surface area (Å²) in [6, 6.07) is 15.3. The van der Waals surface area contributed by atoms with E-state index in [1.807, 2.05) is 48.5 Å². The molecule has 0 aliphatic heterocycles. The van der Waals surface area contributed by atoms with Crippen LogP contribution in [0, 0.1) is 0 Å². The largest absolute Gasteiger partial charge is 0.383 e. The first-order chi connectivity index (χ1) is 15.6. The Morgan fingerprint density at radius 2 is 1.91 bits per heavy atom. The number of nitrogens with one attached hydrogen (secondary N) is 1. The molecular weight excluding hydrogens is 468 g/mol. The minimum atomic E-state index is -0.259. The summed E-state index contributed by atoms with van der Waals surface area (Å²) >= 11 is 3.46. The van der Waals surface area contributed by atoms with Gasteiger partial charge in [-0.2, -0.15) is 9.78 Å². The predicted molar refractivity (Wildman–Crippen MR) is 133 cm³/mol. The predicted octanol–water partition coefficient (Wildman–Crippen LogP) is 5.12. The zero-order valence-electron chi connectivity index (χ0n) is 17.9. The van der Waals surface area contributed by atoms with Gasteiger partial charge in [0.05, 0.1) is 17.2 Å². The number of hydrogen-bond acceptors (Lipinski definition) is 5. The highest BCUT2D eigenvalue weighted by Gasteiger charge is 2.23. The summed E-state index contributed by atoms with van der Waals surface area (Å²) in [6.07, 6.45) is 5.99. The van der Waals surface area contributed by atoms with Crippen LogP contribution in [0.25, 0.3) is 22.2 Å². The van der Waals surface area contributed by atoms with Gasteiger partial charge in [-0.15, -0.1) is 0 Å². The number of halogens is 1. The van der Waals surface area contributed by atoms with Crippen molar-refractivity contribution in [1.29, 1.82) is 0 Å². The minimum absolute atomic E-state index is 0.215. The van der Waals surface area contributed by atoms with Gasteiger partial charge in [0.25, 0.3) is 5.91 Å². The lowest BCUT2D eigenvalue weighted by atomic mass is 10.2. The Morgan fingerprint density at radius 3 is 2.66 bits per heavy atom. The maximum Gasteiger partial charge on any atom is 0.257 e. The second kappa shape index (κ2) is 9.91. The first-order valence-corrected chi connectivity index (χ1v) is 11.5. The maximum atomic E-state index is 13.1. The average Bonchev–Trinajstić information content (AvgIpc) is 3.06.